The number of rotatable bonds is 5. The molecular formula is C13H19BrO4S. The fourth-order valence-electron chi connectivity index (χ4n) is 1.60. The van der Waals surface area contributed by atoms with Gasteiger partial charge in [-0.05, 0) is 32.0 Å². The van der Waals surface area contributed by atoms with Gasteiger partial charge in [0.05, 0.1) is 23.8 Å². The third kappa shape index (κ3) is 3.23. The summed E-state index contributed by atoms with van der Waals surface area (Å²) in [6.07, 6.45) is 1.23. The number of halogens is 1. The highest BCUT2D eigenvalue weighted by Gasteiger charge is 2.39. The maximum atomic E-state index is 11.9. The van der Waals surface area contributed by atoms with Crippen molar-refractivity contribution >= 4 is 25.8 Å². The summed E-state index contributed by atoms with van der Waals surface area (Å²) in [5.41, 5.74) is 0.747. The first-order valence-corrected chi connectivity index (χ1v) is 8.51. The lowest BCUT2D eigenvalue weighted by molar-refractivity contribution is 0.396. The lowest BCUT2D eigenvalue weighted by Gasteiger charge is -2.29. The van der Waals surface area contributed by atoms with E-state index in [0.29, 0.717) is 11.5 Å². The van der Waals surface area contributed by atoms with Crippen LogP contribution in [0.2, 0.25) is 0 Å². The predicted octanol–water partition coefficient (Wildman–Crippen LogP) is 2.96. The minimum absolute atomic E-state index is 0.403. The van der Waals surface area contributed by atoms with E-state index in [1.807, 2.05) is 0 Å². The van der Waals surface area contributed by atoms with Gasteiger partial charge in [-0.15, -0.1) is 0 Å². The number of hydrogen-bond acceptors (Lipinski definition) is 4. The van der Waals surface area contributed by atoms with Gasteiger partial charge in [-0.2, -0.15) is 0 Å². The summed E-state index contributed by atoms with van der Waals surface area (Å²) in [5.74, 6) is 1.28. The number of methoxy groups -OCH3 is 2. The van der Waals surface area contributed by atoms with Crippen LogP contribution in [-0.4, -0.2) is 33.6 Å². The van der Waals surface area contributed by atoms with Crippen molar-refractivity contribution in [2.24, 2.45) is 0 Å². The number of sulfone groups is 1. The lowest BCUT2D eigenvalue weighted by Crippen LogP contribution is -2.35. The zero-order valence-corrected chi connectivity index (χ0v) is 14.1. The Morgan fingerprint density at radius 2 is 1.79 bits per heavy atom. The molecule has 0 aliphatic rings. The standard InChI is InChI=1S/C13H19BrO4S/c1-13(2,19(5,15)16)12(14)10-8-9(17-3)6-7-11(10)18-4/h6-8,12H,1-5H3. The van der Waals surface area contributed by atoms with Crippen molar-refractivity contribution in [1.29, 1.82) is 0 Å². The molecule has 0 aliphatic heterocycles. The summed E-state index contributed by atoms with van der Waals surface area (Å²) in [7, 11) is -0.117. The Balaban J connectivity index is 3.36. The van der Waals surface area contributed by atoms with E-state index in [0.717, 1.165) is 5.56 Å². The second-order valence-corrected chi connectivity index (χ2v) is 8.36. The van der Waals surface area contributed by atoms with Crippen molar-refractivity contribution in [2.45, 2.75) is 23.4 Å². The molecule has 0 aromatic heterocycles. The van der Waals surface area contributed by atoms with Gasteiger partial charge < -0.3 is 9.47 Å². The summed E-state index contributed by atoms with van der Waals surface area (Å²) in [5, 5.41) is 0. The van der Waals surface area contributed by atoms with Gasteiger partial charge in [0.1, 0.15) is 11.5 Å². The van der Waals surface area contributed by atoms with Crippen LogP contribution in [-0.2, 0) is 9.84 Å². The molecule has 0 bridgehead atoms. The second-order valence-electron chi connectivity index (χ2n) is 4.85. The van der Waals surface area contributed by atoms with E-state index in [4.69, 9.17) is 9.47 Å². The van der Waals surface area contributed by atoms with Crippen LogP contribution in [0.15, 0.2) is 18.2 Å². The van der Waals surface area contributed by atoms with E-state index in [-0.39, 0.29) is 0 Å². The van der Waals surface area contributed by atoms with Gasteiger partial charge in [-0.1, -0.05) is 15.9 Å². The Morgan fingerprint density at radius 3 is 2.21 bits per heavy atom. The molecule has 19 heavy (non-hydrogen) atoms. The third-order valence-electron chi connectivity index (χ3n) is 3.28. The topological polar surface area (TPSA) is 52.6 Å². The molecule has 0 radical (unpaired) electrons. The van der Waals surface area contributed by atoms with Gasteiger partial charge in [0.2, 0.25) is 0 Å². The van der Waals surface area contributed by atoms with Crippen LogP contribution in [0.4, 0.5) is 0 Å². The van der Waals surface area contributed by atoms with Crippen LogP contribution >= 0.6 is 15.9 Å². The van der Waals surface area contributed by atoms with E-state index in [1.165, 1.54) is 6.26 Å². The number of ether oxygens (including phenoxy) is 2. The first-order valence-electron chi connectivity index (χ1n) is 5.70. The van der Waals surface area contributed by atoms with Crippen LogP contribution in [0.5, 0.6) is 11.5 Å². The van der Waals surface area contributed by atoms with E-state index >= 15 is 0 Å². The molecule has 0 saturated heterocycles. The molecule has 1 aromatic rings. The second kappa shape index (κ2) is 5.71. The van der Waals surface area contributed by atoms with Crippen LogP contribution in [0.1, 0.15) is 24.2 Å². The molecule has 6 heteroatoms. The van der Waals surface area contributed by atoms with Gasteiger partial charge in [-0.25, -0.2) is 8.42 Å². The maximum Gasteiger partial charge on any atom is 0.154 e. The number of hydrogen-bond donors (Lipinski definition) is 0. The average Bonchev–Trinajstić information content (AvgIpc) is 2.35. The lowest BCUT2D eigenvalue weighted by atomic mass is 10.0. The van der Waals surface area contributed by atoms with Crippen LogP contribution in [0.3, 0.4) is 0 Å². The van der Waals surface area contributed by atoms with Crippen LogP contribution in [0, 0.1) is 0 Å². The average molecular weight is 351 g/mol. The molecule has 0 N–H and O–H groups in total. The highest BCUT2D eigenvalue weighted by atomic mass is 79.9. The highest BCUT2D eigenvalue weighted by Crippen LogP contribution is 2.43. The Bertz CT molecular complexity index is 552. The number of alkyl halides is 1. The van der Waals surface area contributed by atoms with Crippen LogP contribution < -0.4 is 9.47 Å². The first kappa shape index (κ1) is 16.3. The van der Waals surface area contributed by atoms with Crippen molar-refractivity contribution in [2.75, 3.05) is 20.5 Å². The third-order valence-corrected chi connectivity index (χ3v) is 7.36. The Labute approximate surface area is 123 Å². The van der Waals surface area contributed by atoms with Crippen molar-refractivity contribution in [3.05, 3.63) is 23.8 Å². The van der Waals surface area contributed by atoms with Crippen molar-refractivity contribution in [1.82, 2.24) is 0 Å². The molecule has 4 nitrogen and oxygen atoms in total. The zero-order valence-electron chi connectivity index (χ0n) is 11.7. The van der Waals surface area contributed by atoms with Gasteiger partial charge in [-0.3, -0.25) is 0 Å². The summed E-state index contributed by atoms with van der Waals surface area (Å²) in [6.45, 7) is 3.36. The smallest absolute Gasteiger partial charge is 0.154 e. The van der Waals surface area contributed by atoms with E-state index in [2.05, 4.69) is 15.9 Å². The van der Waals surface area contributed by atoms with E-state index < -0.39 is 19.4 Å². The Kier molecular flexibility index (Phi) is 4.90. The van der Waals surface area contributed by atoms with Crippen molar-refractivity contribution in [3.8, 4) is 11.5 Å². The van der Waals surface area contributed by atoms with E-state index in [1.54, 1.807) is 46.3 Å². The molecular weight excluding hydrogens is 332 g/mol. The Hall–Kier alpha value is -0.750. The Morgan fingerprint density at radius 1 is 1.21 bits per heavy atom. The largest absolute Gasteiger partial charge is 0.497 e. The highest BCUT2D eigenvalue weighted by molar-refractivity contribution is 9.09. The molecule has 0 amide bonds. The van der Waals surface area contributed by atoms with Gasteiger partial charge in [0.15, 0.2) is 9.84 Å². The SMILES string of the molecule is COc1ccc(OC)c(C(Br)C(C)(C)S(C)(=O)=O)c1. The number of benzene rings is 1. The monoisotopic (exact) mass is 350 g/mol. The molecule has 0 aliphatic carbocycles. The zero-order chi connectivity index (χ0) is 14.8. The van der Waals surface area contributed by atoms with Gasteiger partial charge in [0, 0.05) is 11.8 Å². The minimum atomic E-state index is -3.24. The predicted molar refractivity (Wildman–Crippen MR) is 80.1 cm³/mol. The van der Waals surface area contributed by atoms with E-state index in [9.17, 15) is 8.42 Å². The van der Waals surface area contributed by atoms with Gasteiger partial charge in [0.25, 0.3) is 0 Å². The molecule has 1 aromatic carbocycles. The summed E-state index contributed by atoms with van der Waals surface area (Å²) in [4.78, 5) is -0.403. The molecule has 108 valence electrons. The van der Waals surface area contributed by atoms with Crippen LogP contribution in [0.25, 0.3) is 0 Å². The molecule has 1 unspecified atom stereocenters. The minimum Gasteiger partial charge on any atom is -0.497 e. The van der Waals surface area contributed by atoms with Crippen molar-refractivity contribution in [3.63, 3.8) is 0 Å². The molecule has 0 fully saturated rings. The summed E-state index contributed by atoms with van der Waals surface area (Å²) < 4.78 is 33.3. The molecule has 1 atom stereocenters. The molecule has 0 heterocycles. The molecule has 1 rings (SSSR count). The summed E-state index contributed by atoms with van der Waals surface area (Å²) in [6, 6.07) is 5.32. The molecule has 0 saturated carbocycles. The fourth-order valence-corrected chi connectivity index (χ4v) is 3.48. The normalized spacial score (nSPS) is 14.0. The summed E-state index contributed by atoms with van der Waals surface area (Å²) >= 11 is 3.48. The quantitative estimate of drug-likeness (QED) is 0.766. The van der Waals surface area contributed by atoms with Gasteiger partial charge >= 0.3 is 0 Å². The first-order chi connectivity index (χ1) is 8.65. The maximum absolute atomic E-state index is 11.9. The fraction of sp³-hybridized carbons (Fsp3) is 0.538. The molecule has 0 spiro atoms. The van der Waals surface area contributed by atoms with Crippen molar-refractivity contribution < 1.29 is 17.9 Å².